The quantitative estimate of drug-likeness (QED) is 0.781. The van der Waals surface area contributed by atoms with Crippen LogP contribution in [0.25, 0.3) is 5.65 Å². The van der Waals surface area contributed by atoms with Gasteiger partial charge in [0.2, 0.25) is 5.91 Å². The number of likely N-dealkylation sites (N-methyl/N-ethyl adjacent to an activating group) is 1. The summed E-state index contributed by atoms with van der Waals surface area (Å²) in [7, 11) is 1.67. The van der Waals surface area contributed by atoms with Crippen molar-refractivity contribution in [1.29, 1.82) is 0 Å². The second-order valence-corrected chi connectivity index (χ2v) is 5.99. The first-order valence-corrected chi connectivity index (χ1v) is 7.96. The Hall–Kier alpha value is -3.42. The van der Waals surface area contributed by atoms with Crippen LogP contribution < -0.4 is 15.0 Å². The molecule has 0 unspecified atom stereocenters. The maximum Gasteiger partial charge on any atom is 0.264 e. The smallest absolute Gasteiger partial charge is 0.264 e. The molecule has 0 fully saturated rings. The molecule has 4 rings (SSSR count). The van der Waals surface area contributed by atoms with E-state index in [2.05, 4.69) is 10.3 Å². The number of ether oxygens (including phenoxy) is 1. The largest absolute Gasteiger partial charge is 0.481 e. The van der Waals surface area contributed by atoms with Crippen LogP contribution in [0.4, 0.5) is 15.8 Å². The standard InChI is InChI=1S/C18H15FN4O3/c1-22-14-4-3-12(6-15(14)26-10-18(22)25)21-17(24)7-13-9-23-8-11(19)2-5-16(23)20-13/h2-6,8-9H,7,10H2,1H3,(H,21,24). The van der Waals surface area contributed by atoms with Crippen LogP contribution in [-0.2, 0) is 16.0 Å². The number of amides is 2. The van der Waals surface area contributed by atoms with Crippen molar-refractivity contribution in [1.82, 2.24) is 9.38 Å². The third-order valence-electron chi connectivity index (χ3n) is 4.14. The molecule has 3 heterocycles. The molecule has 1 N–H and O–H groups in total. The van der Waals surface area contributed by atoms with Crippen molar-refractivity contribution in [3.8, 4) is 5.75 Å². The first-order valence-electron chi connectivity index (χ1n) is 7.96. The average Bonchev–Trinajstić information content (AvgIpc) is 2.99. The zero-order chi connectivity index (χ0) is 18.3. The topological polar surface area (TPSA) is 75.9 Å². The molecular formula is C18H15FN4O3. The van der Waals surface area contributed by atoms with Gasteiger partial charge in [0.25, 0.3) is 5.91 Å². The van der Waals surface area contributed by atoms with E-state index in [9.17, 15) is 14.0 Å². The predicted octanol–water partition coefficient (Wildman–Crippen LogP) is 2.01. The fraction of sp³-hybridized carbons (Fsp3) is 0.167. The SMILES string of the molecule is CN1C(=O)COc2cc(NC(=O)Cc3cn4cc(F)ccc4n3)ccc21. The Morgan fingerprint density at radius 1 is 1.31 bits per heavy atom. The molecule has 2 amide bonds. The van der Waals surface area contributed by atoms with Gasteiger partial charge in [-0.3, -0.25) is 9.59 Å². The van der Waals surface area contributed by atoms with E-state index in [0.29, 0.717) is 28.5 Å². The van der Waals surface area contributed by atoms with E-state index in [-0.39, 0.29) is 30.7 Å². The lowest BCUT2D eigenvalue weighted by Crippen LogP contribution is -2.35. The van der Waals surface area contributed by atoms with E-state index in [1.807, 2.05) is 0 Å². The third-order valence-corrected chi connectivity index (χ3v) is 4.14. The number of aromatic nitrogens is 2. The zero-order valence-electron chi connectivity index (χ0n) is 13.9. The van der Waals surface area contributed by atoms with E-state index < -0.39 is 0 Å². The van der Waals surface area contributed by atoms with Gasteiger partial charge in [-0.1, -0.05) is 0 Å². The van der Waals surface area contributed by atoms with E-state index in [1.165, 1.54) is 21.6 Å². The predicted molar refractivity (Wildman–Crippen MR) is 92.8 cm³/mol. The van der Waals surface area contributed by atoms with Crippen molar-refractivity contribution in [3.05, 3.63) is 54.2 Å². The van der Waals surface area contributed by atoms with E-state index >= 15 is 0 Å². The van der Waals surface area contributed by atoms with Crippen molar-refractivity contribution < 1.29 is 18.7 Å². The number of imidazole rings is 1. The summed E-state index contributed by atoms with van der Waals surface area (Å²) in [6, 6.07) is 7.97. The lowest BCUT2D eigenvalue weighted by molar-refractivity contribution is -0.121. The van der Waals surface area contributed by atoms with Crippen LogP contribution in [0.2, 0.25) is 0 Å². The number of nitrogens with zero attached hydrogens (tertiary/aromatic N) is 3. The van der Waals surface area contributed by atoms with Gasteiger partial charge in [0.1, 0.15) is 17.2 Å². The maximum absolute atomic E-state index is 13.2. The number of hydrogen-bond donors (Lipinski definition) is 1. The van der Waals surface area contributed by atoms with Gasteiger partial charge in [-0.15, -0.1) is 0 Å². The number of hydrogen-bond acceptors (Lipinski definition) is 4. The van der Waals surface area contributed by atoms with Gasteiger partial charge in [-0.25, -0.2) is 9.37 Å². The van der Waals surface area contributed by atoms with E-state index in [4.69, 9.17) is 4.74 Å². The van der Waals surface area contributed by atoms with Crippen molar-refractivity contribution in [2.24, 2.45) is 0 Å². The Kier molecular flexibility index (Phi) is 3.80. The number of fused-ring (bicyclic) bond motifs is 2. The molecule has 0 spiro atoms. The van der Waals surface area contributed by atoms with Crippen molar-refractivity contribution in [3.63, 3.8) is 0 Å². The van der Waals surface area contributed by atoms with Crippen LogP contribution in [0.15, 0.2) is 42.7 Å². The molecule has 26 heavy (non-hydrogen) atoms. The summed E-state index contributed by atoms with van der Waals surface area (Å²) >= 11 is 0. The lowest BCUT2D eigenvalue weighted by Gasteiger charge is -2.26. The monoisotopic (exact) mass is 354 g/mol. The second-order valence-electron chi connectivity index (χ2n) is 5.99. The molecule has 1 aromatic carbocycles. The summed E-state index contributed by atoms with van der Waals surface area (Å²) in [5.74, 6) is -0.219. The van der Waals surface area contributed by atoms with Gasteiger partial charge in [-0.05, 0) is 24.3 Å². The summed E-state index contributed by atoms with van der Waals surface area (Å²) < 4.78 is 20.2. The molecule has 8 heteroatoms. The van der Waals surface area contributed by atoms with Gasteiger partial charge < -0.3 is 19.4 Å². The Bertz CT molecular complexity index is 1030. The van der Waals surface area contributed by atoms with Crippen LogP contribution in [0.1, 0.15) is 5.69 Å². The Morgan fingerprint density at radius 3 is 3.00 bits per heavy atom. The van der Waals surface area contributed by atoms with Gasteiger partial charge in [0, 0.05) is 31.2 Å². The van der Waals surface area contributed by atoms with Gasteiger partial charge in [0.05, 0.1) is 17.8 Å². The molecule has 7 nitrogen and oxygen atoms in total. The highest BCUT2D eigenvalue weighted by molar-refractivity contribution is 5.98. The van der Waals surface area contributed by atoms with Crippen LogP contribution in [0.5, 0.6) is 5.75 Å². The lowest BCUT2D eigenvalue weighted by atomic mass is 10.2. The molecule has 0 radical (unpaired) electrons. The summed E-state index contributed by atoms with van der Waals surface area (Å²) in [6.07, 6.45) is 2.98. The maximum atomic E-state index is 13.2. The minimum atomic E-state index is -0.372. The molecule has 3 aromatic rings. The highest BCUT2D eigenvalue weighted by Crippen LogP contribution is 2.33. The first kappa shape index (κ1) is 16.1. The van der Waals surface area contributed by atoms with E-state index in [1.54, 1.807) is 37.5 Å². The molecule has 0 saturated carbocycles. The molecule has 0 bridgehead atoms. The number of carbonyl (C=O) groups excluding carboxylic acids is 2. The Morgan fingerprint density at radius 2 is 2.15 bits per heavy atom. The molecule has 0 aliphatic carbocycles. The highest BCUT2D eigenvalue weighted by Gasteiger charge is 2.22. The normalized spacial score (nSPS) is 13.5. The van der Waals surface area contributed by atoms with Crippen molar-refractivity contribution in [2.45, 2.75) is 6.42 Å². The molecule has 2 aromatic heterocycles. The van der Waals surface area contributed by atoms with Crippen LogP contribution in [0.3, 0.4) is 0 Å². The first-order chi connectivity index (χ1) is 12.5. The average molecular weight is 354 g/mol. The minimum absolute atomic E-state index is 0.0291. The Balaban J connectivity index is 1.48. The van der Waals surface area contributed by atoms with Gasteiger partial charge in [-0.2, -0.15) is 0 Å². The Labute approximate surface area is 148 Å². The van der Waals surface area contributed by atoms with Gasteiger partial charge in [0.15, 0.2) is 6.61 Å². The molecule has 1 aliphatic rings. The number of benzene rings is 1. The summed E-state index contributed by atoms with van der Waals surface area (Å²) in [4.78, 5) is 29.7. The van der Waals surface area contributed by atoms with Crippen LogP contribution in [0, 0.1) is 5.82 Å². The summed E-state index contributed by atoms with van der Waals surface area (Å²) in [5.41, 5.74) is 2.32. The highest BCUT2D eigenvalue weighted by atomic mass is 19.1. The minimum Gasteiger partial charge on any atom is -0.481 e. The van der Waals surface area contributed by atoms with Crippen molar-refractivity contribution in [2.75, 3.05) is 23.9 Å². The fourth-order valence-corrected chi connectivity index (χ4v) is 2.83. The molecule has 1 aliphatic heterocycles. The number of anilines is 2. The number of nitrogens with one attached hydrogen (secondary N) is 1. The molecule has 0 saturated heterocycles. The fourth-order valence-electron chi connectivity index (χ4n) is 2.83. The summed E-state index contributed by atoms with van der Waals surface area (Å²) in [5, 5.41) is 2.78. The number of halogens is 1. The van der Waals surface area contributed by atoms with Gasteiger partial charge >= 0.3 is 0 Å². The summed E-state index contributed by atoms with van der Waals surface area (Å²) in [6.45, 7) is -0.0291. The van der Waals surface area contributed by atoms with Crippen LogP contribution >= 0.6 is 0 Å². The van der Waals surface area contributed by atoms with Crippen LogP contribution in [-0.4, -0.2) is 34.9 Å². The third kappa shape index (κ3) is 2.97. The zero-order valence-corrected chi connectivity index (χ0v) is 13.9. The van der Waals surface area contributed by atoms with Crippen molar-refractivity contribution >= 4 is 28.8 Å². The number of pyridine rings is 1. The molecular weight excluding hydrogens is 339 g/mol. The second kappa shape index (κ2) is 6.14. The van der Waals surface area contributed by atoms with E-state index in [0.717, 1.165) is 0 Å². The molecule has 0 atom stereocenters. The number of carbonyl (C=O) groups is 2. The molecule has 132 valence electrons. The number of rotatable bonds is 3.